The zero-order valence-corrected chi connectivity index (χ0v) is 30.8. The molecule has 0 aliphatic rings. The van der Waals surface area contributed by atoms with Gasteiger partial charge in [-0.25, -0.2) is 65.9 Å². The molecule has 0 atom stereocenters. The van der Waals surface area contributed by atoms with Crippen LogP contribution in [0.3, 0.4) is 0 Å². The van der Waals surface area contributed by atoms with E-state index in [-0.39, 0.29) is 11.7 Å². The molecule has 0 heterocycles. The Labute approximate surface area is 330 Å². The zero-order chi connectivity index (χ0) is 43.4. The van der Waals surface area contributed by atoms with Crippen LogP contribution >= 0.6 is 7.26 Å². The minimum atomic E-state index is -5.90. The molecule has 17 heteroatoms. The van der Waals surface area contributed by atoms with Gasteiger partial charge in [0.05, 0.1) is 6.16 Å². The first kappa shape index (κ1) is 42.1. The molecular formula is C43H21BF15P. The Balaban J connectivity index is 1.65. The third kappa shape index (κ3) is 6.25. The maximum absolute atomic E-state index is 16.2. The molecule has 7 aromatic carbocycles. The van der Waals surface area contributed by atoms with E-state index in [0.29, 0.717) is 12.1 Å². The molecule has 0 radical (unpaired) electrons. The van der Waals surface area contributed by atoms with Crippen LogP contribution in [0.4, 0.5) is 65.9 Å². The Morgan fingerprint density at radius 1 is 0.283 bits per heavy atom. The summed E-state index contributed by atoms with van der Waals surface area (Å²) in [5.74, 6) is -45.7. The first-order valence-electron chi connectivity index (χ1n) is 17.4. The highest BCUT2D eigenvalue weighted by molar-refractivity contribution is 7.95. The number of rotatable bonds is 9. The largest absolute Gasteiger partial charge is 0.207 e. The summed E-state index contributed by atoms with van der Waals surface area (Å²) in [5, 5.41) is 2.28. The van der Waals surface area contributed by atoms with Gasteiger partial charge >= 0.3 is 0 Å². The molecule has 0 aliphatic carbocycles. The van der Waals surface area contributed by atoms with Crippen molar-refractivity contribution in [1.29, 1.82) is 0 Å². The van der Waals surface area contributed by atoms with Crippen LogP contribution in [-0.4, -0.2) is 6.15 Å². The Morgan fingerprint density at radius 3 is 0.767 bits per heavy atom. The van der Waals surface area contributed by atoms with E-state index < -0.39 is 123 Å². The number of hydrogen-bond acceptors (Lipinski definition) is 0. The van der Waals surface area contributed by atoms with Crippen molar-refractivity contribution in [3.63, 3.8) is 0 Å². The summed E-state index contributed by atoms with van der Waals surface area (Å²) in [6, 6.07) is 29.6. The molecule has 0 saturated carbocycles. The Hall–Kier alpha value is -6.02. The van der Waals surface area contributed by atoms with E-state index in [1.807, 2.05) is 36.4 Å². The molecule has 0 nitrogen and oxygen atoms in total. The van der Waals surface area contributed by atoms with E-state index in [0.717, 1.165) is 28.0 Å². The lowest BCUT2D eigenvalue weighted by Gasteiger charge is -2.44. The highest BCUT2D eigenvalue weighted by atomic mass is 31.2. The molecule has 0 bridgehead atoms. The monoisotopic (exact) mass is 864 g/mol. The molecular weight excluding hydrogens is 843 g/mol. The number of benzene rings is 7. The van der Waals surface area contributed by atoms with Crippen molar-refractivity contribution in [3.8, 4) is 0 Å². The van der Waals surface area contributed by atoms with Crippen molar-refractivity contribution in [2.24, 2.45) is 0 Å². The van der Waals surface area contributed by atoms with Gasteiger partial charge in [0.15, 0.2) is 52.4 Å². The van der Waals surface area contributed by atoms with Crippen LogP contribution in [0.2, 0.25) is 0 Å². The van der Waals surface area contributed by atoms with Crippen LogP contribution in [0.15, 0.2) is 115 Å². The van der Waals surface area contributed by atoms with Gasteiger partial charge in [-0.1, -0.05) is 78.9 Å². The first-order chi connectivity index (χ1) is 28.5. The standard InChI is InChI=1S/C43H21BF15P/c45-29-26(30(46)36(52)41(57)35(29)51)44(27-31(47)37(53)42(58)38(54)32(27)48,28-33(49)39(55)43(59)40(56)34(28)50)22-18-16-21(17-19-22)20-60(23-10-4-1-5-11-23,24-12-6-2-7-13-24)25-14-8-3-9-15-25/h1-19H,20H2. The molecule has 0 aromatic heterocycles. The average molecular weight is 864 g/mol. The predicted molar refractivity (Wildman–Crippen MR) is 198 cm³/mol. The van der Waals surface area contributed by atoms with Crippen molar-refractivity contribution in [1.82, 2.24) is 0 Å². The minimum Gasteiger partial charge on any atom is -0.207 e. The average Bonchev–Trinajstić information content (AvgIpc) is 3.27. The minimum absolute atomic E-state index is 0.0150. The fourth-order valence-corrected chi connectivity index (χ4v) is 12.1. The second-order valence-electron chi connectivity index (χ2n) is 13.5. The summed E-state index contributed by atoms with van der Waals surface area (Å²) in [6.07, 6.45) is -5.92. The second-order valence-corrected chi connectivity index (χ2v) is 17.0. The molecule has 0 aliphatic heterocycles. The summed E-state index contributed by atoms with van der Waals surface area (Å²) in [6.45, 7) is 0. The van der Waals surface area contributed by atoms with Crippen molar-refractivity contribution in [2.45, 2.75) is 6.16 Å². The van der Waals surface area contributed by atoms with Gasteiger partial charge in [0.1, 0.15) is 64.2 Å². The molecule has 0 unspecified atom stereocenters. The highest BCUT2D eigenvalue weighted by Crippen LogP contribution is 2.58. The van der Waals surface area contributed by atoms with E-state index in [2.05, 4.69) is 0 Å². The van der Waals surface area contributed by atoms with Gasteiger partial charge in [0.2, 0.25) is 0 Å². The quantitative estimate of drug-likeness (QED) is 0.0449. The van der Waals surface area contributed by atoms with Gasteiger partial charge in [-0.15, -0.1) is 16.4 Å². The van der Waals surface area contributed by atoms with Gasteiger partial charge in [-0.2, -0.15) is 5.46 Å². The second kappa shape index (κ2) is 15.9. The van der Waals surface area contributed by atoms with Crippen LogP contribution in [0.5, 0.6) is 0 Å². The lowest BCUT2D eigenvalue weighted by molar-refractivity contribution is 0.380. The lowest BCUT2D eigenvalue weighted by atomic mass is 9.12. The third-order valence-electron chi connectivity index (χ3n) is 10.5. The molecule has 0 saturated heterocycles. The van der Waals surface area contributed by atoms with Crippen LogP contribution in [0, 0.1) is 87.3 Å². The van der Waals surface area contributed by atoms with Gasteiger partial charge < -0.3 is 0 Å². The van der Waals surface area contributed by atoms with E-state index in [1.54, 1.807) is 54.6 Å². The van der Waals surface area contributed by atoms with Crippen LogP contribution < -0.4 is 37.8 Å². The fourth-order valence-electron chi connectivity index (χ4n) is 7.89. The normalized spacial score (nSPS) is 12.0. The Morgan fingerprint density at radius 2 is 0.517 bits per heavy atom. The zero-order valence-electron chi connectivity index (χ0n) is 29.9. The summed E-state index contributed by atoms with van der Waals surface area (Å²) < 4.78 is 232. The van der Waals surface area contributed by atoms with Crippen LogP contribution in [-0.2, 0) is 6.16 Å². The molecule has 306 valence electrons. The van der Waals surface area contributed by atoms with Crippen molar-refractivity contribution in [3.05, 3.63) is 208 Å². The topological polar surface area (TPSA) is 0 Å². The molecule has 60 heavy (non-hydrogen) atoms. The number of hydrogen-bond donors (Lipinski definition) is 0. The molecule has 0 N–H and O–H groups in total. The van der Waals surface area contributed by atoms with Crippen molar-refractivity contribution >= 4 is 51.2 Å². The first-order valence-corrected chi connectivity index (χ1v) is 19.4. The summed E-state index contributed by atoms with van der Waals surface area (Å²) in [5.41, 5.74) is -9.29. The van der Waals surface area contributed by atoms with Gasteiger partial charge in [-0.3, -0.25) is 0 Å². The molecule has 7 aromatic rings. The highest BCUT2D eigenvalue weighted by Gasteiger charge is 2.50. The van der Waals surface area contributed by atoms with Gasteiger partial charge in [0, 0.05) is 0 Å². The summed E-state index contributed by atoms with van der Waals surface area (Å²) >= 11 is 0. The van der Waals surface area contributed by atoms with Crippen LogP contribution in [0.1, 0.15) is 5.56 Å². The van der Waals surface area contributed by atoms with Gasteiger partial charge in [0.25, 0.3) is 0 Å². The van der Waals surface area contributed by atoms with Crippen molar-refractivity contribution < 1.29 is 65.9 Å². The van der Waals surface area contributed by atoms with Gasteiger partial charge in [-0.05, 0) is 42.0 Å². The smallest absolute Gasteiger partial charge is 0.200 e. The Bertz CT molecular complexity index is 2430. The van der Waals surface area contributed by atoms with E-state index in [9.17, 15) is 13.2 Å². The predicted octanol–water partition coefficient (Wildman–Crippen LogP) is 8.64. The maximum Gasteiger partial charge on any atom is 0.200 e. The van der Waals surface area contributed by atoms with E-state index in [1.165, 1.54) is 0 Å². The van der Waals surface area contributed by atoms with Crippen LogP contribution in [0.25, 0.3) is 0 Å². The molecule has 0 spiro atoms. The number of halogens is 15. The van der Waals surface area contributed by atoms with E-state index >= 15 is 52.7 Å². The maximum atomic E-state index is 16.2. The lowest BCUT2D eigenvalue weighted by Crippen LogP contribution is -2.79. The third-order valence-corrected chi connectivity index (χ3v) is 14.9. The fraction of sp³-hybridized carbons (Fsp3) is 0.0233. The summed E-state index contributed by atoms with van der Waals surface area (Å²) in [7, 11) is -2.89. The summed E-state index contributed by atoms with van der Waals surface area (Å²) in [4.78, 5) is 0. The molecule has 7 rings (SSSR count). The molecule has 0 fully saturated rings. The molecule has 0 amide bonds. The Kier molecular flexibility index (Phi) is 11.1. The van der Waals surface area contributed by atoms with Crippen molar-refractivity contribution in [2.75, 3.05) is 0 Å². The SMILES string of the molecule is Fc1c(F)c(F)c([B-](c2ccc(C[P+](c3ccccc3)(c3ccccc3)c3ccccc3)cc2)(c2c(F)c(F)c(F)c(F)c2F)c2c(F)c(F)c(F)c(F)c2F)c(F)c1F. The van der Waals surface area contributed by atoms with E-state index in [4.69, 9.17) is 0 Å².